The van der Waals surface area contributed by atoms with Gasteiger partial charge in [0, 0.05) is 40.1 Å². The number of benzene rings is 2. The number of nitrogens with zero attached hydrogens (tertiary/aromatic N) is 2. The molecule has 1 spiro atoms. The lowest BCUT2D eigenvalue weighted by molar-refractivity contribution is -0.117. The molecular formula is C29H24N4O3S. The number of hydrogen-bond acceptors (Lipinski definition) is 6. The molecule has 6 rings (SSSR count). The van der Waals surface area contributed by atoms with Crippen molar-refractivity contribution in [3.63, 3.8) is 0 Å². The highest BCUT2D eigenvalue weighted by Crippen LogP contribution is 2.55. The van der Waals surface area contributed by atoms with E-state index in [9.17, 15) is 13.2 Å². The highest BCUT2D eigenvalue weighted by molar-refractivity contribution is 7.92. The van der Waals surface area contributed by atoms with Gasteiger partial charge in [0.2, 0.25) is 5.91 Å². The van der Waals surface area contributed by atoms with Crippen LogP contribution in [0.3, 0.4) is 0 Å². The second kappa shape index (κ2) is 8.43. The van der Waals surface area contributed by atoms with Gasteiger partial charge in [-0.2, -0.15) is 0 Å². The molecule has 2 N–H and O–H groups in total. The van der Waals surface area contributed by atoms with Crippen molar-refractivity contribution < 1.29 is 13.2 Å². The van der Waals surface area contributed by atoms with E-state index in [0.29, 0.717) is 16.4 Å². The SMILES string of the molecule is CC(C)S(=O)(=O)c1ccc(Nc2cc3c(C#Cc4ccc5c(c4)NC(=O)C54CC4)nccc3cn2)cc1. The summed E-state index contributed by atoms with van der Waals surface area (Å²) in [6, 6.07) is 16.3. The molecule has 2 aromatic heterocycles. The summed E-state index contributed by atoms with van der Waals surface area (Å²) >= 11 is 0. The van der Waals surface area contributed by atoms with E-state index in [-0.39, 0.29) is 11.3 Å². The minimum absolute atomic E-state index is 0.0899. The van der Waals surface area contributed by atoms with Gasteiger partial charge in [-0.3, -0.25) is 4.79 Å². The van der Waals surface area contributed by atoms with Crippen LogP contribution in [0, 0.1) is 11.8 Å². The number of hydrogen-bond donors (Lipinski definition) is 2. The number of anilines is 3. The van der Waals surface area contributed by atoms with E-state index in [1.807, 2.05) is 30.3 Å². The van der Waals surface area contributed by atoms with Crippen molar-refractivity contribution in [1.82, 2.24) is 9.97 Å². The maximum Gasteiger partial charge on any atom is 0.235 e. The van der Waals surface area contributed by atoms with E-state index >= 15 is 0 Å². The highest BCUT2D eigenvalue weighted by atomic mass is 32.2. The first-order valence-electron chi connectivity index (χ1n) is 12.1. The maximum absolute atomic E-state index is 12.4. The van der Waals surface area contributed by atoms with Crippen LogP contribution in [0.4, 0.5) is 17.2 Å². The van der Waals surface area contributed by atoms with Gasteiger partial charge in [-0.15, -0.1) is 0 Å². The van der Waals surface area contributed by atoms with E-state index in [4.69, 9.17) is 0 Å². The molecule has 1 fully saturated rings. The number of amides is 1. The van der Waals surface area contributed by atoms with Crippen LogP contribution < -0.4 is 10.6 Å². The van der Waals surface area contributed by atoms with Crippen molar-refractivity contribution in [2.75, 3.05) is 10.6 Å². The summed E-state index contributed by atoms with van der Waals surface area (Å²) in [6.07, 6.45) is 5.27. The van der Waals surface area contributed by atoms with E-state index in [1.165, 1.54) is 0 Å². The van der Waals surface area contributed by atoms with Crippen LogP contribution in [0.15, 0.2) is 71.9 Å². The second-order valence-electron chi connectivity index (χ2n) is 9.74. The molecule has 0 bridgehead atoms. The van der Waals surface area contributed by atoms with Gasteiger partial charge in [-0.1, -0.05) is 12.0 Å². The monoisotopic (exact) mass is 508 g/mol. The molecule has 0 atom stereocenters. The molecule has 1 aliphatic heterocycles. The molecular weight excluding hydrogens is 484 g/mol. The molecule has 0 unspecified atom stereocenters. The third-order valence-corrected chi connectivity index (χ3v) is 9.19. The minimum atomic E-state index is -3.33. The van der Waals surface area contributed by atoms with Crippen molar-refractivity contribution in [2.24, 2.45) is 0 Å². The van der Waals surface area contributed by atoms with Gasteiger partial charge in [-0.05, 0) is 86.7 Å². The number of aromatic nitrogens is 2. The quantitative estimate of drug-likeness (QED) is 0.379. The predicted molar refractivity (Wildman–Crippen MR) is 144 cm³/mol. The summed E-state index contributed by atoms with van der Waals surface area (Å²) in [7, 11) is -3.33. The van der Waals surface area contributed by atoms with E-state index in [2.05, 4.69) is 32.4 Å². The van der Waals surface area contributed by atoms with Crippen molar-refractivity contribution in [3.8, 4) is 11.8 Å². The second-order valence-corrected chi connectivity index (χ2v) is 12.2. The lowest BCUT2D eigenvalue weighted by Crippen LogP contribution is -2.18. The lowest BCUT2D eigenvalue weighted by Gasteiger charge is -2.10. The summed E-state index contributed by atoms with van der Waals surface area (Å²) in [4.78, 5) is 21.6. The minimum Gasteiger partial charge on any atom is -0.340 e. The molecule has 1 amide bonds. The molecule has 7 nitrogen and oxygen atoms in total. The molecule has 3 heterocycles. The standard InChI is InChI=1S/C29H24N4O3S/c1-18(2)37(35,36)22-7-5-21(6-8-22)32-27-16-23-20(17-31-27)11-14-30-25(23)10-4-19-3-9-24-26(15-19)33-28(34)29(24)12-13-29/h3,5-9,11,14-18H,12-13H2,1-2H3,(H,31,32)(H,33,34). The number of pyridine rings is 2. The Balaban J connectivity index is 1.27. The summed E-state index contributed by atoms with van der Waals surface area (Å²) < 4.78 is 24.8. The normalized spacial score (nSPS) is 15.3. The van der Waals surface area contributed by atoms with Gasteiger partial charge in [0.25, 0.3) is 0 Å². The zero-order valence-electron chi connectivity index (χ0n) is 20.4. The van der Waals surface area contributed by atoms with Gasteiger partial charge in [0.05, 0.1) is 15.6 Å². The Morgan fingerprint density at radius 1 is 1.00 bits per heavy atom. The van der Waals surface area contributed by atoms with Crippen LogP contribution in [0.25, 0.3) is 10.8 Å². The summed E-state index contributed by atoms with van der Waals surface area (Å²) in [6.45, 7) is 3.33. The van der Waals surface area contributed by atoms with Crippen LogP contribution in [0.2, 0.25) is 0 Å². The van der Waals surface area contributed by atoms with E-state index < -0.39 is 15.1 Å². The fraction of sp³-hybridized carbons (Fsp3) is 0.207. The Kier molecular flexibility index (Phi) is 5.28. The molecule has 4 aromatic rings. The third kappa shape index (κ3) is 4.02. The molecule has 184 valence electrons. The first kappa shape index (κ1) is 23.2. The largest absolute Gasteiger partial charge is 0.340 e. The Hall–Kier alpha value is -4.22. The number of carbonyl (C=O) groups is 1. The van der Waals surface area contributed by atoms with E-state index in [0.717, 1.165) is 46.1 Å². The highest BCUT2D eigenvalue weighted by Gasteiger charge is 2.56. The van der Waals surface area contributed by atoms with Gasteiger partial charge >= 0.3 is 0 Å². The Morgan fingerprint density at radius 3 is 2.51 bits per heavy atom. The molecule has 1 saturated carbocycles. The smallest absolute Gasteiger partial charge is 0.235 e. The summed E-state index contributed by atoms with van der Waals surface area (Å²) in [5.41, 5.74) is 3.76. The first-order chi connectivity index (χ1) is 17.8. The number of nitrogens with one attached hydrogen (secondary N) is 2. The van der Waals surface area contributed by atoms with Gasteiger partial charge in [-0.25, -0.2) is 18.4 Å². The molecule has 2 aliphatic rings. The lowest BCUT2D eigenvalue weighted by atomic mass is 9.97. The number of rotatable bonds is 4. The topological polar surface area (TPSA) is 101 Å². The zero-order valence-corrected chi connectivity index (χ0v) is 21.2. The van der Waals surface area contributed by atoms with Crippen molar-refractivity contribution >= 4 is 43.7 Å². The first-order valence-corrected chi connectivity index (χ1v) is 13.6. The van der Waals surface area contributed by atoms with Crippen LogP contribution in [-0.4, -0.2) is 29.5 Å². The Labute approximate surface area is 215 Å². The Morgan fingerprint density at radius 2 is 1.78 bits per heavy atom. The van der Waals surface area contributed by atoms with Crippen LogP contribution in [-0.2, 0) is 20.0 Å². The van der Waals surface area contributed by atoms with Crippen LogP contribution in [0.1, 0.15) is 43.5 Å². The van der Waals surface area contributed by atoms with Crippen LogP contribution >= 0.6 is 0 Å². The molecule has 1 aliphatic carbocycles. The van der Waals surface area contributed by atoms with Gasteiger partial charge in [0.15, 0.2) is 9.84 Å². The van der Waals surface area contributed by atoms with E-state index in [1.54, 1.807) is 50.5 Å². The van der Waals surface area contributed by atoms with Gasteiger partial charge in [0.1, 0.15) is 11.5 Å². The molecule has 0 saturated heterocycles. The van der Waals surface area contributed by atoms with Crippen molar-refractivity contribution in [1.29, 1.82) is 0 Å². The maximum atomic E-state index is 12.4. The Bertz CT molecular complexity index is 1750. The number of carbonyl (C=O) groups excluding carboxylic acids is 1. The summed E-state index contributed by atoms with van der Waals surface area (Å²) in [5.74, 6) is 7.04. The fourth-order valence-electron chi connectivity index (χ4n) is 4.64. The third-order valence-electron chi connectivity index (χ3n) is 7.02. The molecule has 2 aromatic carbocycles. The molecule has 37 heavy (non-hydrogen) atoms. The van der Waals surface area contributed by atoms with Crippen molar-refractivity contribution in [3.05, 3.63) is 83.8 Å². The number of sulfone groups is 1. The molecule has 0 radical (unpaired) electrons. The fourth-order valence-corrected chi connectivity index (χ4v) is 5.70. The van der Waals surface area contributed by atoms with Gasteiger partial charge < -0.3 is 10.6 Å². The van der Waals surface area contributed by atoms with Crippen molar-refractivity contribution in [2.45, 2.75) is 42.2 Å². The number of fused-ring (bicyclic) bond motifs is 3. The van der Waals surface area contributed by atoms with Crippen LogP contribution in [0.5, 0.6) is 0 Å². The summed E-state index contributed by atoms with van der Waals surface area (Å²) in [5, 5.41) is 7.49. The molecule has 8 heteroatoms. The predicted octanol–water partition coefficient (Wildman–Crippen LogP) is 4.94. The zero-order chi connectivity index (χ0) is 25.8. The average molecular weight is 509 g/mol. The average Bonchev–Trinajstić information content (AvgIpc) is 3.65.